The lowest BCUT2D eigenvalue weighted by Crippen LogP contribution is -1.97. The number of aryl methyl sites for hydroxylation is 2. The summed E-state index contributed by atoms with van der Waals surface area (Å²) in [4.78, 5) is 4.18. The van der Waals surface area contributed by atoms with Gasteiger partial charge in [0.1, 0.15) is 5.69 Å². The maximum absolute atomic E-state index is 4.60. The minimum atomic E-state index is 0.755. The van der Waals surface area contributed by atoms with E-state index in [0.717, 1.165) is 29.9 Å². The molecule has 0 unspecified atom stereocenters. The van der Waals surface area contributed by atoms with Gasteiger partial charge >= 0.3 is 0 Å². The van der Waals surface area contributed by atoms with Gasteiger partial charge in [-0.15, -0.1) is 0 Å². The summed E-state index contributed by atoms with van der Waals surface area (Å²) in [5.41, 5.74) is 4.20. The van der Waals surface area contributed by atoms with Crippen molar-refractivity contribution in [2.75, 3.05) is 0 Å². The highest BCUT2D eigenvalue weighted by Crippen LogP contribution is 2.17. The van der Waals surface area contributed by atoms with Gasteiger partial charge in [0.2, 0.25) is 0 Å². The van der Waals surface area contributed by atoms with Crippen molar-refractivity contribution in [3.63, 3.8) is 0 Å². The Kier molecular flexibility index (Phi) is 4.31. The molecule has 22 heavy (non-hydrogen) atoms. The van der Waals surface area contributed by atoms with Gasteiger partial charge in [-0.2, -0.15) is 5.10 Å². The van der Waals surface area contributed by atoms with Crippen LogP contribution in [-0.2, 0) is 6.54 Å². The minimum Gasteiger partial charge on any atom is -0.271 e. The van der Waals surface area contributed by atoms with Crippen molar-refractivity contribution in [1.29, 1.82) is 0 Å². The molecule has 2 heterocycles. The summed E-state index contributed by atoms with van der Waals surface area (Å²) < 4.78 is 1.94. The molecule has 0 fully saturated rings. The maximum atomic E-state index is 4.60. The number of hydrogen-bond donors (Lipinski definition) is 0. The molecule has 108 valence electrons. The zero-order valence-corrected chi connectivity index (χ0v) is 12.5. The second-order valence-electron chi connectivity index (χ2n) is 5.10. The summed E-state index contributed by atoms with van der Waals surface area (Å²) in [6.45, 7) is 2.87. The molecule has 0 radical (unpaired) electrons. The van der Waals surface area contributed by atoms with Crippen LogP contribution in [0.25, 0.3) is 11.3 Å². The Bertz CT molecular complexity index is 807. The Labute approximate surface area is 130 Å². The molecule has 0 bridgehead atoms. The van der Waals surface area contributed by atoms with Crippen LogP contribution in [0.5, 0.6) is 0 Å². The summed E-state index contributed by atoms with van der Waals surface area (Å²) in [5, 5.41) is 4.60. The molecule has 0 atom stereocenters. The van der Waals surface area contributed by atoms with Gasteiger partial charge in [-0.1, -0.05) is 35.7 Å². The van der Waals surface area contributed by atoms with E-state index in [2.05, 4.69) is 53.1 Å². The van der Waals surface area contributed by atoms with E-state index < -0.39 is 0 Å². The number of pyridine rings is 1. The summed E-state index contributed by atoms with van der Waals surface area (Å²) in [6, 6.07) is 16.2. The Morgan fingerprint density at radius 2 is 2.05 bits per heavy atom. The van der Waals surface area contributed by atoms with Gasteiger partial charge in [-0.25, -0.2) is 4.98 Å². The maximum Gasteiger partial charge on any atom is 0.113 e. The second-order valence-corrected chi connectivity index (χ2v) is 5.10. The molecule has 0 aliphatic heterocycles. The molecule has 0 amide bonds. The predicted molar refractivity (Wildman–Crippen MR) is 88.1 cm³/mol. The highest BCUT2D eigenvalue weighted by Gasteiger charge is 2.01. The van der Waals surface area contributed by atoms with E-state index in [-0.39, 0.29) is 0 Å². The summed E-state index contributed by atoms with van der Waals surface area (Å²) in [7, 11) is 0. The molecular weight excluding hydrogens is 270 g/mol. The monoisotopic (exact) mass is 287 g/mol. The molecule has 3 heteroatoms. The lowest BCUT2D eigenvalue weighted by molar-refractivity contribution is 0.632. The summed E-state index contributed by atoms with van der Waals surface area (Å²) in [6.07, 6.45) is 4.51. The second kappa shape index (κ2) is 6.73. The first-order valence-corrected chi connectivity index (χ1v) is 7.32. The van der Waals surface area contributed by atoms with Gasteiger partial charge in [0, 0.05) is 24.4 Å². The third kappa shape index (κ3) is 3.62. The molecule has 0 aliphatic carbocycles. The molecule has 1 aromatic carbocycles. The SMILES string of the molecule is Cc1cccc(-c2ccn(CCC#Cc3ccccn3)n2)c1. The standard InChI is InChI=1S/C19H17N3/c1-16-7-6-8-17(15-16)19-11-14-22(21-19)13-5-3-10-18-9-2-4-12-20-18/h2,4,6-9,11-12,14-15H,5,13H2,1H3. The van der Waals surface area contributed by atoms with Crippen LogP contribution in [0, 0.1) is 18.8 Å². The summed E-state index contributed by atoms with van der Waals surface area (Å²) in [5.74, 6) is 6.19. The summed E-state index contributed by atoms with van der Waals surface area (Å²) >= 11 is 0. The molecule has 0 spiro atoms. The number of benzene rings is 1. The Hall–Kier alpha value is -2.86. The van der Waals surface area contributed by atoms with Crippen LogP contribution in [0.2, 0.25) is 0 Å². The Morgan fingerprint density at radius 3 is 2.86 bits per heavy atom. The van der Waals surface area contributed by atoms with E-state index in [0.29, 0.717) is 0 Å². The van der Waals surface area contributed by atoms with Crippen molar-refractivity contribution in [2.24, 2.45) is 0 Å². The molecule has 0 saturated heterocycles. The zero-order chi connectivity index (χ0) is 15.2. The van der Waals surface area contributed by atoms with Gasteiger partial charge < -0.3 is 0 Å². The van der Waals surface area contributed by atoms with Crippen LogP contribution in [0.4, 0.5) is 0 Å². The first-order valence-electron chi connectivity index (χ1n) is 7.32. The van der Waals surface area contributed by atoms with Crippen molar-refractivity contribution >= 4 is 0 Å². The quantitative estimate of drug-likeness (QED) is 0.688. The van der Waals surface area contributed by atoms with E-state index in [4.69, 9.17) is 0 Å². The fraction of sp³-hybridized carbons (Fsp3) is 0.158. The van der Waals surface area contributed by atoms with Gasteiger partial charge in [0.15, 0.2) is 0 Å². The number of hydrogen-bond acceptors (Lipinski definition) is 2. The minimum absolute atomic E-state index is 0.755. The van der Waals surface area contributed by atoms with Gasteiger partial charge in [0.05, 0.1) is 12.2 Å². The van der Waals surface area contributed by atoms with E-state index >= 15 is 0 Å². The van der Waals surface area contributed by atoms with Crippen molar-refractivity contribution in [1.82, 2.24) is 14.8 Å². The van der Waals surface area contributed by atoms with Crippen LogP contribution in [0.3, 0.4) is 0 Å². The molecule has 0 N–H and O–H groups in total. The van der Waals surface area contributed by atoms with Gasteiger partial charge in [0.25, 0.3) is 0 Å². The van der Waals surface area contributed by atoms with Crippen LogP contribution < -0.4 is 0 Å². The number of aromatic nitrogens is 3. The first-order chi connectivity index (χ1) is 10.8. The average Bonchev–Trinajstić information content (AvgIpc) is 3.02. The van der Waals surface area contributed by atoms with Crippen LogP contribution in [-0.4, -0.2) is 14.8 Å². The van der Waals surface area contributed by atoms with Crippen LogP contribution in [0.15, 0.2) is 60.9 Å². The third-order valence-corrected chi connectivity index (χ3v) is 3.30. The van der Waals surface area contributed by atoms with E-state index in [1.54, 1.807) is 6.20 Å². The van der Waals surface area contributed by atoms with E-state index in [1.807, 2.05) is 35.1 Å². The third-order valence-electron chi connectivity index (χ3n) is 3.30. The fourth-order valence-corrected chi connectivity index (χ4v) is 2.20. The lowest BCUT2D eigenvalue weighted by atomic mass is 10.1. The van der Waals surface area contributed by atoms with Crippen molar-refractivity contribution in [2.45, 2.75) is 19.9 Å². The van der Waals surface area contributed by atoms with Gasteiger partial charge in [-0.3, -0.25) is 4.68 Å². The van der Waals surface area contributed by atoms with Crippen molar-refractivity contribution in [3.05, 3.63) is 72.2 Å². The highest BCUT2D eigenvalue weighted by atomic mass is 15.3. The fourth-order valence-electron chi connectivity index (χ4n) is 2.20. The van der Waals surface area contributed by atoms with Crippen LogP contribution in [0.1, 0.15) is 17.7 Å². The normalized spacial score (nSPS) is 10.0. The molecule has 3 nitrogen and oxygen atoms in total. The number of nitrogens with zero attached hydrogens (tertiary/aromatic N) is 3. The highest BCUT2D eigenvalue weighted by molar-refractivity contribution is 5.59. The molecular formula is C19H17N3. The molecule has 2 aromatic heterocycles. The van der Waals surface area contributed by atoms with Crippen molar-refractivity contribution < 1.29 is 0 Å². The molecule has 0 aliphatic rings. The van der Waals surface area contributed by atoms with Gasteiger partial charge in [-0.05, 0) is 37.1 Å². The number of rotatable bonds is 3. The van der Waals surface area contributed by atoms with E-state index in [9.17, 15) is 0 Å². The molecule has 3 aromatic rings. The Morgan fingerprint density at radius 1 is 1.09 bits per heavy atom. The predicted octanol–water partition coefficient (Wildman–Crippen LogP) is 3.70. The molecule has 3 rings (SSSR count). The van der Waals surface area contributed by atoms with E-state index in [1.165, 1.54) is 5.56 Å². The molecule has 0 saturated carbocycles. The smallest absolute Gasteiger partial charge is 0.113 e. The topological polar surface area (TPSA) is 30.7 Å². The average molecular weight is 287 g/mol. The van der Waals surface area contributed by atoms with Crippen LogP contribution >= 0.6 is 0 Å². The first kappa shape index (κ1) is 14.1. The zero-order valence-electron chi connectivity index (χ0n) is 12.5. The largest absolute Gasteiger partial charge is 0.271 e. The lowest BCUT2D eigenvalue weighted by Gasteiger charge is -1.99. The van der Waals surface area contributed by atoms with Crippen molar-refractivity contribution in [3.8, 4) is 23.1 Å². The Balaban J connectivity index is 1.62.